The number of benzene rings is 2. The molecule has 0 heterocycles. The van der Waals surface area contributed by atoms with Crippen molar-refractivity contribution in [3.63, 3.8) is 0 Å². The lowest BCUT2D eigenvalue weighted by Crippen LogP contribution is -2.05. The van der Waals surface area contributed by atoms with Gasteiger partial charge >= 0.3 is 0 Å². The van der Waals surface area contributed by atoms with Gasteiger partial charge in [-0.2, -0.15) is 0 Å². The number of aryl methyl sites for hydroxylation is 2. The van der Waals surface area contributed by atoms with Gasteiger partial charge in [-0.05, 0) is 50.1 Å². The second kappa shape index (κ2) is 6.00. The maximum absolute atomic E-state index is 6.26. The van der Waals surface area contributed by atoms with Crippen LogP contribution in [0.15, 0.2) is 46.2 Å². The van der Waals surface area contributed by atoms with E-state index in [-0.39, 0.29) is 6.04 Å². The minimum Gasteiger partial charge on any atom is -0.324 e. The molecule has 1 nitrogen and oxygen atoms in total. The van der Waals surface area contributed by atoms with E-state index >= 15 is 0 Å². The third kappa shape index (κ3) is 3.53. The Kier molecular flexibility index (Phi) is 4.56. The van der Waals surface area contributed by atoms with Crippen molar-refractivity contribution in [3.05, 3.63) is 58.1 Å². The maximum atomic E-state index is 6.26. The molecule has 100 valence electrons. The summed E-state index contributed by atoms with van der Waals surface area (Å²) in [6.07, 6.45) is 0. The minimum atomic E-state index is -0.0346. The zero-order valence-corrected chi connectivity index (χ0v) is 13.0. The second-order valence-corrected chi connectivity index (χ2v) is 6.37. The van der Waals surface area contributed by atoms with Gasteiger partial charge in [-0.15, -0.1) is 0 Å². The van der Waals surface area contributed by atoms with E-state index in [4.69, 9.17) is 17.3 Å². The number of hydrogen-bond acceptors (Lipinski definition) is 2. The quantitative estimate of drug-likeness (QED) is 0.848. The molecule has 1 atom stereocenters. The van der Waals surface area contributed by atoms with Crippen molar-refractivity contribution < 1.29 is 0 Å². The van der Waals surface area contributed by atoms with Crippen LogP contribution in [0.4, 0.5) is 0 Å². The van der Waals surface area contributed by atoms with Crippen LogP contribution in [0.3, 0.4) is 0 Å². The van der Waals surface area contributed by atoms with E-state index < -0.39 is 0 Å². The Bertz CT molecular complexity index is 593. The first-order valence-electron chi connectivity index (χ1n) is 6.27. The van der Waals surface area contributed by atoms with E-state index in [1.54, 1.807) is 11.8 Å². The summed E-state index contributed by atoms with van der Waals surface area (Å²) in [5.41, 5.74) is 9.43. The molecule has 0 spiro atoms. The summed E-state index contributed by atoms with van der Waals surface area (Å²) in [5.74, 6) is 0. The topological polar surface area (TPSA) is 26.0 Å². The highest BCUT2D eigenvalue weighted by atomic mass is 35.5. The van der Waals surface area contributed by atoms with E-state index in [2.05, 4.69) is 38.1 Å². The molecule has 2 rings (SSSR count). The summed E-state index contributed by atoms with van der Waals surface area (Å²) in [6, 6.07) is 12.5. The predicted octanol–water partition coefficient (Wildman–Crippen LogP) is 5.13. The van der Waals surface area contributed by atoms with E-state index in [0.29, 0.717) is 0 Å². The fourth-order valence-corrected chi connectivity index (χ4v) is 3.32. The lowest BCUT2D eigenvalue weighted by Gasteiger charge is -2.11. The minimum absolute atomic E-state index is 0.0346. The number of rotatable bonds is 3. The van der Waals surface area contributed by atoms with Crippen LogP contribution in [0.25, 0.3) is 0 Å². The van der Waals surface area contributed by atoms with Crippen LogP contribution < -0.4 is 5.73 Å². The Morgan fingerprint density at radius 3 is 2.42 bits per heavy atom. The van der Waals surface area contributed by atoms with Crippen LogP contribution in [0.5, 0.6) is 0 Å². The van der Waals surface area contributed by atoms with Gasteiger partial charge in [0.25, 0.3) is 0 Å². The highest BCUT2D eigenvalue weighted by molar-refractivity contribution is 7.99. The summed E-state index contributed by atoms with van der Waals surface area (Å²) in [4.78, 5) is 2.40. The van der Waals surface area contributed by atoms with Gasteiger partial charge in [0.1, 0.15) is 0 Å². The molecule has 1 unspecified atom stereocenters. The molecule has 0 aromatic heterocycles. The van der Waals surface area contributed by atoms with Gasteiger partial charge in [0, 0.05) is 20.9 Å². The van der Waals surface area contributed by atoms with E-state index in [0.717, 1.165) is 15.5 Å². The third-order valence-corrected chi connectivity index (χ3v) is 4.52. The van der Waals surface area contributed by atoms with Gasteiger partial charge in [0.2, 0.25) is 0 Å². The van der Waals surface area contributed by atoms with Gasteiger partial charge in [-0.25, -0.2) is 0 Å². The van der Waals surface area contributed by atoms with Crippen LogP contribution in [0.2, 0.25) is 5.02 Å². The molecule has 2 N–H and O–H groups in total. The smallest absolute Gasteiger partial charge is 0.0464 e. The Morgan fingerprint density at radius 2 is 1.84 bits per heavy atom. The standard InChI is InChI=1S/C16H18ClNS/c1-10-4-7-16(11(2)8-10)19-13-5-6-14(12(3)18)15(17)9-13/h4-9,12H,18H2,1-3H3. The molecule has 0 amide bonds. The lowest BCUT2D eigenvalue weighted by atomic mass is 10.1. The number of halogens is 1. The molecule has 0 saturated heterocycles. The normalized spacial score (nSPS) is 12.5. The number of hydrogen-bond donors (Lipinski definition) is 1. The fourth-order valence-electron chi connectivity index (χ4n) is 1.98. The molecule has 0 aliphatic heterocycles. The molecule has 0 aliphatic rings. The third-order valence-electron chi connectivity index (χ3n) is 3.02. The lowest BCUT2D eigenvalue weighted by molar-refractivity contribution is 0.817. The highest BCUT2D eigenvalue weighted by Gasteiger charge is 2.08. The van der Waals surface area contributed by atoms with Crippen LogP contribution >= 0.6 is 23.4 Å². The summed E-state index contributed by atoms with van der Waals surface area (Å²) in [6.45, 7) is 6.18. The summed E-state index contributed by atoms with van der Waals surface area (Å²) in [7, 11) is 0. The largest absolute Gasteiger partial charge is 0.324 e. The van der Waals surface area contributed by atoms with Gasteiger partial charge < -0.3 is 5.73 Å². The van der Waals surface area contributed by atoms with Crippen molar-refractivity contribution in [1.82, 2.24) is 0 Å². The molecule has 0 bridgehead atoms. The van der Waals surface area contributed by atoms with Crippen LogP contribution in [-0.2, 0) is 0 Å². The summed E-state index contributed by atoms with van der Waals surface area (Å²) >= 11 is 7.99. The average molecular weight is 292 g/mol. The monoisotopic (exact) mass is 291 g/mol. The van der Waals surface area contributed by atoms with Crippen molar-refractivity contribution in [2.45, 2.75) is 36.6 Å². The van der Waals surface area contributed by atoms with Crippen molar-refractivity contribution >= 4 is 23.4 Å². The average Bonchev–Trinajstić information content (AvgIpc) is 2.32. The fraction of sp³-hybridized carbons (Fsp3) is 0.250. The van der Waals surface area contributed by atoms with Gasteiger partial charge in [-0.1, -0.05) is 47.1 Å². The zero-order valence-electron chi connectivity index (χ0n) is 11.4. The molecule has 0 aliphatic carbocycles. The van der Waals surface area contributed by atoms with Gasteiger partial charge in [0.15, 0.2) is 0 Å². The Morgan fingerprint density at radius 1 is 1.11 bits per heavy atom. The van der Waals surface area contributed by atoms with Crippen molar-refractivity contribution in [2.75, 3.05) is 0 Å². The molecule has 3 heteroatoms. The van der Waals surface area contributed by atoms with Crippen LogP contribution in [0.1, 0.15) is 29.7 Å². The molecular weight excluding hydrogens is 274 g/mol. The molecular formula is C16H18ClNS. The first-order valence-corrected chi connectivity index (χ1v) is 7.47. The highest BCUT2D eigenvalue weighted by Crippen LogP contribution is 2.34. The van der Waals surface area contributed by atoms with Crippen LogP contribution in [0, 0.1) is 13.8 Å². The molecule has 0 saturated carbocycles. The second-order valence-electron chi connectivity index (χ2n) is 4.84. The number of nitrogens with two attached hydrogens (primary N) is 1. The van der Waals surface area contributed by atoms with Crippen molar-refractivity contribution in [1.29, 1.82) is 0 Å². The SMILES string of the molecule is Cc1ccc(Sc2ccc(C(C)N)c(Cl)c2)c(C)c1. The molecule has 2 aromatic carbocycles. The van der Waals surface area contributed by atoms with Crippen molar-refractivity contribution in [3.8, 4) is 0 Å². The Labute approximate surface area is 124 Å². The van der Waals surface area contributed by atoms with Crippen LogP contribution in [-0.4, -0.2) is 0 Å². The summed E-state index contributed by atoms with van der Waals surface area (Å²) < 4.78 is 0. The Hall–Kier alpha value is -0.960. The molecule has 0 fully saturated rings. The zero-order chi connectivity index (χ0) is 14.0. The maximum Gasteiger partial charge on any atom is 0.0464 e. The van der Waals surface area contributed by atoms with Gasteiger partial charge in [0.05, 0.1) is 0 Å². The molecule has 0 radical (unpaired) electrons. The summed E-state index contributed by atoms with van der Waals surface area (Å²) in [5, 5.41) is 0.741. The Balaban J connectivity index is 2.26. The van der Waals surface area contributed by atoms with E-state index in [9.17, 15) is 0 Å². The molecule has 19 heavy (non-hydrogen) atoms. The van der Waals surface area contributed by atoms with Crippen molar-refractivity contribution in [2.24, 2.45) is 5.73 Å². The predicted molar refractivity (Wildman–Crippen MR) is 84.1 cm³/mol. The molecule has 2 aromatic rings. The van der Waals surface area contributed by atoms with E-state index in [1.807, 2.05) is 19.1 Å². The first-order chi connectivity index (χ1) is 8.97. The van der Waals surface area contributed by atoms with E-state index in [1.165, 1.54) is 16.0 Å². The van der Waals surface area contributed by atoms with Gasteiger partial charge in [-0.3, -0.25) is 0 Å². The first kappa shape index (κ1) is 14.4.